The molecule has 1 aliphatic heterocycles. The number of benzene rings is 1. The van der Waals surface area contributed by atoms with E-state index in [0.717, 1.165) is 49.2 Å². The van der Waals surface area contributed by atoms with Crippen molar-refractivity contribution in [2.75, 3.05) is 17.2 Å². The largest absolute Gasteiger partial charge is 0.385 e. The molecule has 1 aromatic carbocycles. The maximum Gasteiger partial charge on any atom is 0.232 e. The fourth-order valence-electron chi connectivity index (χ4n) is 3.77. The van der Waals surface area contributed by atoms with Crippen LogP contribution in [0.3, 0.4) is 0 Å². The number of nitrogens with zero attached hydrogens (tertiary/aromatic N) is 1. The van der Waals surface area contributed by atoms with Gasteiger partial charge in [0.25, 0.3) is 0 Å². The van der Waals surface area contributed by atoms with Crippen molar-refractivity contribution in [3.63, 3.8) is 0 Å². The number of aryl methyl sites for hydroxylation is 1. The molecule has 25 heavy (non-hydrogen) atoms. The quantitative estimate of drug-likeness (QED) is 0.791. The molecule has 4 nitrogen and oxygen atoms in total. The predicted octanol–water partition coefficient (Wildman–Crippen LogP) is 4.81. The fourth-order valence-corrected chi connectivity index (χ4v) is 4.10. The van der Waals surface area contributed by atoms with Crippen molar-refractivity contribution in [3.8, 4) is 0 Å². The van der Waals surface area contributed by atoms with Crippen LogP contribution in [0.1, 0.15) is 41.9 Å². The molecule has 0 radical (unpaired) electrons. The van der Waals surface area contributed by atoms with Gasteiger partial charge in [0, 0.05) is 18.4 Å². The second-order valence-electron chi connectivity index (χ2n) is 6.64. The minimum absolute atomic E-state index is 0.0121. The molecule has 1 atom stereocenters. The molecule has 2 aliphatic rings. The van der Waals surface area contributed by atoms with Gasteiger partial charge in [-0.2, -0.15) is 0 Å². The van der Waals surface area contributed by atoms with E-state index in [1.165, 1.54) is 17.5 Å². The number of pyridine rings is 1. The van der Waals surface area contributed by atoms with E-state index in [-0.39, 0.29) is 11.8 Å². The van der Waals surface area contributed by atoms with Crippen molar-refractivity contribution >= 4 is 40.5 Å². The third-order valence-electron chi connectivity index (χ3n) is 5.06. The van der Waals surface area contributed by atoms with Gasteiger partial charge >= 0.3 is 0 Å². The first-order chi connectivity index (χ1) is 12.1. The monoisotopic (exact) mass is 375 g/mol. The van der Waals surface area contributed by atoms with Crippen LogP contribution >= 0.6 is 23.2 Å². The Labute approximate surface area is 156 Å². The number of anilines is 2. The van der Waals surface area contributed by atoms with Gasteiger partial charge in [-0.1, -0.05) is 23.2 Å². The van der Waals surface area contributed by atoms with Gasteiger partial charge in [-0.05, 0) is 60.9 Å². The maximum absolute atomic E-state index is 13.0. The minimum Gasteiger partial charge on any atom is -0.385 e. The van der Waals surface area contributed by atoms with Crippen molar-refractivity contribution < 1.29 is 4.79 Å². The molecule has 2 aromatic rings. The zero-order valence-corrected chi connectivity index (χ0v) is 15.3. The Morgan fingerprint density at radius 1 is 1.16 bits per heavy atom. The van der Waals surface area contributed by atoms with Crippen LogP contribution in [0.4, 0.5) is 11.4 Å². The van der Waals surface area contributed by atoms with Crippen LogP contribution in [0.2, 0.25) is 10.0 Å². The smallest absolute Gasteiger partial charge is 0.232 e. The van der Waals surface area contributed by atoms with E-state index in [4.69, 9.17) is 23.2 Å². The van der Waals surface area contributed by atoms with Gasteiger partial charge < -0.3 is 10.6 Å². The molecule has 4 rings (SSSR count). The number of fused-ring (bicyclic) bond motifs is 2. The number of amides is 1. The van der Waals surface area contributed by atoms with Crippen LogP contribution in [0.25, 0.3) is 0 Å². The number of carbonyl (C=O) groups excluding carboxylic acids is 1. The Kier molecular flexibility index (Phi) is 4.57. The lowest BCUT2D eigenvalue weighted by Gasteiger charge is -2.27. The highest BCUT2D eigenvalue weighted by molar-refractivity contribution is 6.42. The van der Waals surface area contributed by atoms with Crippen molar-refractivity contribution in [2.24, 2.45) is 0 Å². The molecular weight excluding hydrogens is 357 g/mol. The van der Waals surface area contributed by atoms with Crippen LogP contribution in [0, 0.1) is 0 Å². The topological polar surface area (TPSA) is 54.0 Å². The van der Waals surface area contributed by atoms with Crippen molar-refractivity contribution in [1.82, 2.24) is 4.98 Å². The number of hydrogen-bond donors (Lipinski definition) is 2. The lowest BCUT2D eigenvalue weighted by molar-refractivity contribution is -0.117. The molecule has 6 heteroatoms. The molecule has 0 fully saturated rings. The lowest BCUT2D eigenvalue weighted by Crippen LogP contribution is -2.28. The zero-order chi connectivity index (χ0) is 17.4. The van der Waals surface area contributed by atoms with E-state index in [2.05, 4.69) is 15.6 Å². The standard InChI is InChI=1S/C19H19Cl2N3O/c20-15-7-14-13(5-6-23-17(14)8-16(15)21)19(25)24-18-10-22-9-11-3-1-2-4-12(11)18/h7-10,13,23H,1-6H2,(H,24,25). The number of nitrogens with one attached hydrogen (secondary N) is 2. The molecule has 1 aliphatic carbocycles. The first kappa shape index (κ1) is 16.7. The molecule has 1 aromatic heterocycles. The van der Waals surface area contributed by atoms with E-state index in [9.17, 15) is 4.79 Å². The average Bonchev–Trinajstić information content (AvgIpc) is 2.62. The second-order valence-corrected chi connectivity index (χ2v) is 7.46. The summed E-state index contributed by atoms with van der Waals surface area (Å²) in [5.41, 5.74) is 5.12. The van der Waals surface area contributed by atoms with Crippen LogP contribution < -0.4 is 10.6 Å². The number of carbonyl (C=O) groups is 1. The normalized spacial score (nSPS) is 18.7. The van der Waals surface area contributed by atoms with E-state index in [1.807, 2.05) is 6.20 Å². The first-order valence-electron chi connectivity index (χ1n) is 8.63. The fraction of sp³-hybridized carbons (Fsp3) is 0.368. The second kappa shape index (κ2) is 6.85. The van der Waals surface area contributed by atoms with Gasteiger partial charge in [0.2, 0.25) is 5.91 Å². The molecule has 2 heterocycles. The summed E-state index contributed by atoms with van der Waals surface area (Å²) in [6.45, 7) is 0.730. The van der Waals surface area contributed by atoms with E-state index >= 15 is 0 Å². The summed E-state index contributed by atoms with van der Waals surface area (Å²) in [6.07, 6.45) is 8.79. The summed E-state index contributed by atoms with van der Waals surface area (Å²) in [7, 11) is 0. The maximum atomic E-state index is 13.0. The Bertz CT molecular complexity index is 838. The van der Waals surface area contributed by atoms with Gasteiger partial charge in [0.15, 0.2) is 0 Å². The van der Waals surface area contributed by atoms with Gasteiger partial charge in [-0.15, -0.1) is 0 Å². The Balaban J connectivity index is 1.62. The first-order valence-corrected chi connectivity index (χ1v) is 9.38. The summed E-state index contributed by atoms with van der Waals surface area (Å²) >= 11 is 12.3. The van der Waals surface area contributed by atoms with Gasteiger partial charge in [-0.25, -0.2) is 0 Å². The number of hydrogen-bond acceptors (Lipinski definition) is 3. The number of halogens is 2. The Hall–Kier alpha value is -1.78. The van der Waals surface area contributed by atoms with Crippen molar-refractivity contribution in [3.05, 3.63) is 51.3 Å². The van der Waals surface area contributed by atoms with E-state index < -0.39 is 0 Å². The van der Waals surface area contributed by atoms with Crippen LogP contribution in [-0.4, -0.2) is 17.4 Å². The van der Waals surface area contributed by atoms with Crippen molar-refractivity contribution in [2.45, 2.75) is 38.0 Å². The van der Waals surface area contributed by atoms with Gasteiger partial charge in [-0.3, -0.25) is 9.78 Å². The molecule has 130 valence electrons. The average molecular weight is 376 g/mol. The summed E-state index contributed by atoms with van der Waals surface area (Å²) in [6, 6.07) is 3.60. The molecule has 0 saturated heterocycles. The van der Waals surface area contributed by atoms with Crippen LogP contribution in [-0.2, 0) is 17.6 Å². The Morgan fingerprint density at radius 3 is 2.84 bits per heavy atom. The molecule has 0 spiro atoms. The lowest BCUT2D eigenvalue weighted by atomic mass is 9.89. The Morgan fingerprint density at radius 2 is 1.96 bits per heavy atom. The predicted molar refractivity (Wildman–Crippen MR) is 102 cm³/mol. The SMILES string of the molecule is O=C(Nc1cncc2c1CCCC2)C1CCNc2cc(Cl)c(Cl)cc21. The van der Waals surface area contributed by atoms with Crippen molar-refractivity contribution in [1.29, 1.82) is 0 Å². The van der Waals surface area contributed by atoms with Gasteiger partial charge in [0.1, 0.15) is 0 Å². The summed E-state index contributed by atoms with van der Waals surface area (Å²) in [4.78, 5) is 17.3. The molecular formula is C19H19Cl2N3O. The zero-order valence-electron chi connectivity index (χ0n) is 13.7. The van der Waals surface area contributed by atoms with E-state index in [0.29, 0.717) is 10.0 Å². The number of rotatable bonds is 2. The molecule has 2 N–H and O–H groups in total. The summed E-state index contributed by atoms with van der Waals surface area (Å²) in [5, 5.41) is 7.37. The highest BCUT2D eigenvalue weighted by Gasteiger charge is 2.28. The summed E-state index contributed by atoms with van der Waals surface area (Å²) in [5.74, 6) is -0.257. The number of aromatic nitrogens is 1. The summed E-state index contributed by atoms with van der Waals surface area (Å²) < 4.78 is 0. The van der Waals surface area contributed by atoms with Crippen LogP contribution in [0.5, 0.6) is 0 Å². The highest BCUT2D eigenvalue weighted by atomic mass is 35.5. The van der Waals surface area contributed by atoms with E-state index in [1.54, 1.807) is 18.3 Å². The van der Waals surface area contributed by atoms with Gasteiger partial charge in [0.05, 0.1) is 27.8 Å². The minimum atomic E-state index is -0.245. The molecule has 0 bridgehead atoms. The third kappa shape index (κ3) is 3.21. The molecule has 1 unspecified atom stereocenters. The molecule has 1 amide bonds. The third-order valence-corrected chi connectivity index (χ3v) is 5.78. The highest BCUT2D eigenvalue weighted by Crippen LogP contribution is 2.38. The van der Waals surface area contributed by atoms with Crippen LogP contribution in [0.15, 0.2) is 24.5 Å². The molecule has 0 saturated carbocycles.